The van der Waals surface area contributed by atoms with E-state index in [0.717, 1.165) is 28.8 Å². The minimum atomic E-state index is -3.79. The highest BCUT2D eigenvalue weighted by Crippen LogP contribution is 2.32. The molecule has 1 fully saturated rings. The quantitative estimate of drug-likeness (QED) is 0.314. The third-order valence-electron chi connectivity index (χ3n) is 6.64. The molecular weight excluding hydrogens is 560 g/mol. The third-order valence-corrected chi connectivity index (χ3v) is 9.51. The van der Waals surface area contributed by atoms with Gasteiger partial charge in [-0.15, -0.1) is 0 Å². The van der Waals surface area contributed by atoms with Crippen molar-refractivity contribution in [2.75, 3.05) is 24.5 Å². The fraction of sp³-hybridized carbons (Fsp3) is 0.370. The lowest BCUT2D eigenvalue weighted by Gasteiger charge is -2.34. The maximum atomic E-state index is 14.4. The van der Waals surface area contributed by atoms with Gasteiger partial charge in [-0.3, -0.25) is 14.4 Å². The van der Waals surface area contributed by atoms with Crippen molar-refractivity contribution in [3.63, 3.8) is 0 Å². The monoisotopic (exact) mass is 589 g/mol. The number of amides is 1. The van der Waals surface area contributed by atoms with Gasteiger partial charge < -0.3 is 4.74 Å². The van der Waals surface area contributed by atoms with Gasteiger partial charge in [-0.1, -0.05) is 11.3 Å². The Morgan fingerprint density at radius 3 is 2.40 bits per heavy atom. The van der Waals surface area contributed by atoms with Crippen molar-refractivity contribution in [3.8, 4) is 0 Å². The Bertz CT molecular complexity index is 1660. The van der Waals surface area contributed by atoms with Gasteiger partial charge in [-0.05, 0) is 64.1 Å². The molecule has 2 atom stereocenters. The first-order valence-electron chi connectivity index (χ1n) is 12.8. The summed E-state index contributed by atoms with van der Waals surface area (Å²) in [7, 11) is -3.79. The Morgan fingerprint density at radius 1 is 1.10 bits per heavy atom. The second-order valence-corrected chi connectivity index (χ2v) is 12.9. The SMILES string of the molecule is Cc1cc(C)n(CCN(C(=O)c2ccc(S(=O)(=O)N3CC(C)OC(C)C3)cc2)c2nc3c(F)cc(F)cc3s2)n1. The molecule has 0 saturated carbocycles. The number of hydrogen-bond acceptors (Lipinski definition) is 7. The lowest BCUT2D eigenvalue weighted by Crippen LogP contribution is -2.48. The summed E-state index contributed by atoms with van der Waals surface area (Å²) >= 11 is 0.998. The van der Waals surface area contributed by atoms with Crippen LogP contribution in [0.15, 0.2) is 47.4 Å². The van der Waals surface area contributed by atoms with Crippen LogP contribution in [-0.4, -0.2) is 65.2 Å². The maximum absolute atomic E-state index is 14.4. The minimum Gasteiger partial charge on any atom is -0.373 e. The largest absolute Gasteiger partial charge is 0.373 e. The Balaban J connectivity index is 1.45. The number of fused-ring (bicyclic) bond motifs is 1. The first-order chi connectivity index (χ1) is 18.9. The molecule has 1 saturated heterocycles. The van der Waals surface area contributed by atoms with Crippen LogP contribution in [0.25, 0.3) is 10.2 Å². The van der Waals surface area contributed by atoms with Gasteiger partial charge in [0.15, 0.2) is 10.9 Å². The van der Waals surface area contributed by atoms with Gasteiger partial charge in [-0.25, -0.2) is 22.2 Å². The molecule has 0 N–H and O–H groups in total. The van der Waals surface area contributed by atoms with E-state index in [-0.39, 0.29) is 57.6 Å². The highest BCUT2D eigenvalue weighted by Gasteiger charge is 2.32. The van der Waals surface area contributed by atoms with E-state index < -0.39 is 27.6 Å². The second kappa shape index (κ2) is 11.0. The molecule has 2 aromatic carbocycles. The van der Waals surface area contributed by atoms with Crippen LogP contribution in [0.5, 0.6) is 0 Å². The van der Waals surface area contributed by atoms with Crippen LogP contribution in [0, 0.1) is 25.5 Å². The summed E-state index contributed by atoms with van der Waals surface area (Å²) in [6.45, 7) is 8.37. The molecule has 5 rings (SSSR count). The van der Waals surface area contributed by atoms with E-state index in [1.807, 2.05) is 33.8 Å². The summed E-state index contributed by atoms with van der Waals surface area (Å²) in [6, 6.07) is 9.55. The molecule has 0 bridgehead atoms. The molecule has 1 amide bonds. The number of aryl methyl sites for hydroxylation is 2. The van der Waals surface area contributed by atoms with Crippen molar-refractivity contribution < 1.29 is 26.7 Å². The number of anilines is 1. The van der Waals surface area contributed by atoms with Gasteiger partial charge >= 0.3 is 0 Å². The number of ether oxygens (including phenoxy) is 1. The van der Waals surface area contributed by atoms with Crippen molar-refractivity contribution in [3.05, 3.63) is 71.1 Å². The number of hydrogen-bond donors (Lipinski definition) is 0. The van der Waals surface area contributed by atoms with Gasteiger partial charge in [0.25, 0.3) is 5.91 Å². The predicted molar refractivity (Wildman–Crippen MR) is 148 cm³/mol. The summed E-state index contributed by atoms with van der Waals surface area (Å²) < 4.78 is 63.9. The van der Waals surface area contributed by atoms with E-state index >= 15 is 0 Å². The number of morpholine rings is 1. The average molecular weight is 590 g/mol. The molecule has 13 heteroatoms. The molecule has 4 aromatic rings. The van der Waals surface area contributed by atoms with Gasteiger partial charge in [-0.2, -0.15) is 9.40 Å². The number of thiazole rings is 1. The van der Waals surface area contributed by atoms with E-state index in [0.29, 0.717) is 6.54 Å². The smallest absolute Gasteiger partial charge is 0.260 e. The van der Waals surface area contributed by atoms with Crippen molar-refractivity contribution in [2.45, 2.75) is 51.3 Å². The molecular formula is C27H29F2N5O4S2. The van der Waals surface area contributed by atoms with Crippen LogP contribution in [-0.2, 0) is 21.3 Å². The van der Waals surface area contributed by atoms with Crippen molar-refractivity contribution in [2.24, 2.45) is 0 Å². The number of nitrogens with zero attached hydrogens (tertiary/aromatic N) is 5. The normalized spacial score (nSPS) is 18.4. The molecule has 40 heavy (non-hydrogen) atoms. The number of halogens is 2. The summed E-state index contributed by atoms with van der Waals surface area (Å²) in [5.41, 5.74) is 1.93. The summed E-state index contributed by atoms with van der Waals surface area (Å²) in [6.07, 6.45) is -0.468. The third kappa shape index (κ3) is 5.64. The van der Waals surface area contributed by atoms with Crippen LogP contribution in [0.3, 0.4) is 0 Å². The predicted octanol–water partition coefficient (Wildman–Crippen LogP) is 4.53. The Kier molecular flexibility index (Phi) is 7.75. The van der Waals surface area contributed by atoms with E-state index in [1.165, 1.54) is 39.5 Å². The lowest BCUT2D eigenvalue weighted by molar-refractivity contribution is -0.0440. The standard InChI is InChI=1S/C27H29F2N5O4S2/c1-16-11-17(2)34(31-16)10-9-33(27-30-25-23(29)12-21(28)13-24(25)39-27)26(35)20-5-7-22(8-6-20)40(36,37)32-14-18(3)38-19(4)15-32/h5-8,11-13,18-19H,9-10,14-15H2,1-4H3. The first kappa shape index (κ1) is 28.3. The Labute approximate surface area is 235 Å². The van der Waals surface area contributed by atoms with Crippen LogP contribution >= 0.6 is 11.3 Å². The minimum absolute atomic E-state index is 0.0271. The van der Waals surface area contributed by atoms with Crippen molar-refractivity contribution in [1.29, 1.82) is 0 Å². The highest BCUT2D eigenvalue weighted by atomic mass is 32.2. The second-order valence-electron chi connectivity index (χ2n) is 9.94. The maximum Gasteiger partial charge on any atom is 0.260 e. The zero-order valence-corrected chi connectivity index (χ0v) is 24.1. The van der Waals surface area contributed by atoms with Gasteiger partial charge in [0.05, 0.1) is 34.0 Å². The molecule has 1 aliphatic rings. The van der Waals surface area contributed by atoms with E-state index in [2.05, 4.69) is 10.1 Å². The molecule has 212 valence electrons. The Morgan fingerprint density at radius 2 is 1.77 bits per heavy atom. The summed E-state index contributed by atoms with van der Waals surface area (Å²) in [5, 5.41) is 4.64. The summed E-state index contributed by atoms with van der Waals surface area (Å²) in [5.74, 6) is -2.01. The van der Waals surface area contributed by atoms with E-state index in [9.17, 15) is 22.0 Å². The molecule has 2 aromatic heterocycles. The number of benzene rings is 2. The van der Waals surface area contributed by atoms with Gasteiger partial charge in [0, 0.05) is 37.0 Å². The number of aromatic nitrogens is 3. The fourth-order valence-electron chi connectivity index (χ4n) is 4.84. The summed E-state index contributed by atoms with van der Waals surface area (Å²) in [4.78, 5) is 19.5. The molecule has 1 aliphatic heterocycles. The van der Waals surface area contributed by atoms with Crippen molar-refractivity contribution >= 4 is 42.6 Å². The topological polar surface area (TPSA) is 97.6 Å². The van der Waals surface area contributed by atoms with Gasteiger partial charge in [0.1, 0.15) is 11.3 Å². The highest BCUT2D eigenvalue weighted by molar-refractivity contribution is 7.89. The van der Waals surface area contributed by atoms with Crippen LogP contribution in [0.2, 0.25) is 0 Å². The molecule has 0 spiro atoms. The average Bonchev–Trinajstić information content (AvgIpc) is 3.45. The molecule has 0 aliphatic carbocycles. The van der Waals surface area contributed by atoms with Gasteiger partial charge in [0.2, 0.25) is 10.0 Å². The number of carbonyl (C=O) groups is 1. The molecule has 9 nitrogen and oxygen atoms in total. The zero-order valence-electron chi connectivity index (χ0n) is 22.5. The van der Waals surface area contributed by atoms with Crippen LogP contribution in [0.4, 0.5) is 13.9 Å². The first-order valence-corrected chi connectivity index (χ1v) is 15.0. The lowest BCUT2D eigenvalue weighted by atomic mass is 10.2. The van der Waals surface area contributed by atoms with Crippen LogP contribution < -0.4 is 4.90 Å². The zero-order chi connectivity index (χ0) is 28.8. The van der Waals surface area contributed by atoms with Crippen LogP contribution in [0.1, 0.15) is 35.6 Å². The van der Waals surface area contributed by atoms with E-state index in [4.69, 9.17) is 4.74 Å². The Hall–Kier alpha value is -3.26. The number of sulfonamides is 1. The fourth-order valence-corrected chi connectivity index (χ4v) is 7.46. The number of carbonyl (C=O) groups excluding carboxylic acids is 1. The van der Waals surface area contributed by atoms with Crippen molar-refractivity contribution in [1.82, 2.24) is 19.1 Å². The molecule has 3 heterocycles. The molecule has 2 unspecified atom stereocenters. The number of rotatable bonds is 7. The van der Waals surface area contributed by atoms with E-state index in [1.54, 1.807) is 4.68 Å². The molecule has 0 radical (unpaired) electrons.